The smallest absolute Gasteiger partial charge is 0.341 e. The van der Waals surface area contributed by atoms with Gasteiger partial charge in [0.05, 0.1) is 6.10 Å². The van der Waals surface area contributed by atoms with Gasteiger partial charge in [-0.15, -0.1) is 0 Å². The van der Waals surface area contributed by atoms with Crippen LogP contribution >= 0.6 is 0 Å². The van der Waals surface area contributed by atoms with Crippen LogP contribution in [0.1, 0.15) is 20.8 Å². The molecule has 1 fully saturated rings. The maximum Gasteiger partial charge on any atom is 0.341 e. The number of rotatable bonds is 5. The lowest BCUT2D eigenvalue weighted by molar-refractivity contribution is -0.137. The van der Waals surface area contributed by atoms with Crippen LogP contribution in [0.4, 0.5) is 0 Å². The van der Waals surface area contributed by atoms with Crippen molar-refractivity contribution in [2.24, 2.45) is 0 Å². The van der Waals surface area contributed by atoms with E-state index >= 15 is 0 Å². The van der Waals surface area contributed by atoms with Crippen LogP contribution in [0, 0.1) is 0 Å². The molecule has 5 nitrogen and oxygen atoms in total. The van der Waals surface area contributed by atoms with Gasteiger partial charge in [0.25, 0.3) is 5.91 Å². The summed E-state index contributed by atoms with van der Waals surface area (Å²) in [4.78, 5) is 24.3. The highest BCUT2D eigenvalue weighted by Crippen LogP contribution is 2.24. The number of hydrogen-bond acceptors (Lipinski definition) is 3. The number of ether oxygens (including phenoxy) is 1. The Bertz CT molecular complexity index is 320. The van der Waals surface area contributed by atoms with Crippen LogP contribution in [0.15, 0.2) is 11.6 Å². The minimum absolute atomic E-state index is 0.0128. The second-order valence-corrected chi connectivity index (χ2v) is 3.67. The zero-order valence-electron chi connectivity index (χ0n) is 9.77. The fourth-order valence-corrected chi connectivity index (χ4v) is 1.46. The molecule has 0 spiro atoms. The van der Waals surface area contributed by atoms with Crippen LogP contribution < -0.4 is 0 Å². The molecular formula is C11H17NO4. The Morgan fingerprint density at radius 3 is 2.19 bits per heavy atom. The topological polar surface area (TPSA) is 70.1 Å². The predicted molar refractivity (Wildman–Crippen MR) is 58.0 cm³/mol. The molecule has 1 aliphatic rings. The predicted octanol–water partition coefficient (Wildman–Crippen LogP) is 0.653. The maximum atomic E-state index is 11.8. The van der Waals surface area contributed by atoms with Gasteiger partial charge in [-0.2, -0.15) is 0 Å². The Balaban J connectivity index is 2.81. The molecule has 1 aliphatic heterocycles. The molecule has 1 amide bonds. The van der Waals surface area contributed by atoms with Gasteiger partial charge in [-0.05, 0) is 26.8 Å². The van der Waals surface area contributed by atoms with E-state index in [2.05, 4.69) is 0 Å². The van der Waals surface area contributed by atoms with Crippen LogP contribution in [-0.4, -0.2) is 47.2 Å². The van der Waals surface area contributed by atoms with Crippen LogP contribution in [0.2, 0.25) is 0 Å². The summed E-state index contributed by atoms with van der Waals surface area (Å²) >= 11 is 0. The number of carboxylic acid groups (broad SMARTS) is 1. The number of nitrogens with zero attached hydrogens (tertiary/aromatic N) is 1. The maximum absolute atomic E-state index is 11.8. The highest BCUT2D eigenvalue weighted by molar-refractivity contribution is 6.15. The van der Waals surface area contributed by atoms with E-state index in [1.807, 2.05) is 20.8 Å². The highest BCUT2D eigenvalue weighted by atomic mass is 16.6. The van der Waals surface area contributed by atoms with Crippen molar-refractivity contribution in [2.45, 2.75) is 33.0 Å². The fraction of sp³-hybridized carbons (Fsp3) is 0.636. The number of epoxide rings is 1. The van der Waals surface area contributed by atoms with Gasteiger partial charge in [0.2, 0.25) is 0 Å². The van der Waals surface area contributed by atoms with E-state index in [-0.39, 0.29) is 17.8 Å². The quantitative estimate of drug-likeness (QED) is 0.324. The van der Waals surface area contributed by atoms with Crippen molar-refractivity contribution in [1.82, 2.24) is 4.90 Å². The molecular weight excluding hydrogens is 210 g/mol. The van der Waals surface area contributed by atoms with E-state index < -0.39 is 11.9 Å². The summed E-state index contributed by atoms with van der Waals surface area (Å²) in [5.41, 5.74) is -0.196. The largest absolute Gasteiger partial charge is 0.478 e. The molecule has 1 rings (SSSR count). The summed E-state index contributed by atoms with van der Waals surface area (Å²) in [5.74, 6) is -1.64. The zero-order valence-corrected chi connectivity index (χ0v) is 9.77. The van der Waals surface area contributed by atoms with Crippen molar-refractivity contribution in [1.29, 1.82) is 0 Å². The number of carbonyl (C=O) groups is 2. The van der Waals surface area contributed by atoms with Gasteiger partial charge in [-0.1, -0.05) is 0 Å². The first-order valence-electron chi connectivity index (χ1n) is 5.41. The number of carbonyl (C=O) groups excluding carboxylic acids is 1. The van der Waals surface area contributed by atoms with Crippen molar-refractivity contribution in [3.05, 3.63) is 11.6 Å². The van der Waals surface area contributed by atoms with E-state index in [4.69, 9.17) is 9.84 Å². The number of likely N-dealkylation sites (N-methyl/N-ethyl adjacent to an activating group) is 1. The zero-order chi connectivity index (χ0) is 12.3. The van der Waals surface area contributed by atoms with Crippen LogP contribution in [-0.2, 0) is 14.3 Å². The molecule has 1 saturated heterocycles. The Morgan fingerprint density at radius 1 is 1.38 bits per heavy atom. The van der Waals surface area contributed by atoms with E-state index in [0.29, 0.717) is 13.1 Å². The van der Waals surface area contributed by atoms with Gasteiger partial charge >= 0.3 is 5.97 Å². The van der Waals surface area contributed by atoms with Crippen molar-refractivity contribution in [3.63, 3.8) is 0 Å². The first-order valence-corrected chi connectivity index (χ1v) is 5.41. The summed E-state index contributed by atoms with van der Waals surface area (Å²) in [6.07, 6.45) is 1.18. The van der Waals surface area contributed by atoms with Crippen molar-refractivity contribution < 1.29 is 19.4 Å². The van der Waals surface area contributed by atoms with Gasteiger partial charge in [0.15, 0.2) is 0 Å². The van der Waals surface area contributed by atoms with E-state index in [9.17, 15) is 9.59 Å². The molecule has 16 heavy (non-hydrogen) atoms. The first-order chi connectivity index (χ1) is 7.51. The first kappa shape index (κ1) is 12.7. The summed E-state index contributed by atoms with van der Waals surface area (Å²) in [6.45, 7) is 6.47. The van der Waals surface area contributed by atoms with Gasteiger partial charge in [0, 0.05) is 13.1 Å². The molecule has 0 aromatic carbocycles. The lowest BCUT2D eigenvalue weighted by Gasteiger charge is -2.18. The third kappa shape index (κ3) is 2.82. The molecule has 90 valence electrons. The molecule has 0 bridgehead atoms. The van der Waals surface area contributed by atoms with E-state index in [1.54, 1.807) is 0 Å². The van der Waals surface area contributed by atoms with E-state index in [0.717, 1.165) is 0 Å². The third-order valence-electron chi connectivity index (χ3n) is 2.60. The average Bonchev–Trinajstić information content (AvgIpc) is 2.92. The fourth-order valence-electron chi connectivity index (χ4n) is 1.46. The second kappa shape index (κ2) is 5.12. The Morgan fingerprint density at radius 2 is 1.88 bits per heavy atom. The minimum atomic E-state index is -1.19. The monoisotopic (exact) mass is 227 g/mol. The lowest BCUT2D eigenvalue weighted by atomic mass is 10.1. The lowest BCUT2D eigenvalue weighted by Crippen LogP contribution is -2.34. The molecule has 0 aromatic rings. The third-order valence-corrected chi connectivity index (χ3v) is 2.60. The van der Waals surface area contributed by atoms with Gasteiger partial charge in [0.1, 0.15) is 11.7 Å². The Labute approximate surface area is 94.7 Å². The standard InChI is InChI=1S/C11H17NO4/c1-4-12(5-2)10(13)8(11(14)15)6-9-7(3)16-9/h6-7,9H,4-5H2,1-3H3,(H,14,15)/b8-6-. The van der Waals surface area contributed by atoms with E-state index in [1.165, 1.54) is 11.0 Å². The summed E-state index contributed by atoms with van der Waals surface area (Å²) in [7, 11) is 0. The van der Waals surface area contributed by atoms with Crippen LogP contribution in [0.5, 0.6) is 0 Å². The molecule has 2 unspecified atom stereocenters. The van der Waals surface area contributed by atoms with Crippen molar-refractivity contribution in [3.8, 4) is 0 Å². The highest BCUT2D eigenvalue weighted by Gasteiger charge is 2.35. The molecule has 2 atom stereocenters. The molecule has 5 heteroatoms. The molecule has 0 radical (unpaired) electrons. The summed E-state index contributed by atoms with van der Waals surface area (Å²) < 4.78 is 5.08. The van der Waals surface area contributed by atoms with Crippen LogP contribution in [0.3, 0.4) is 0 Å². The second-order valence-electron chi connectivity index (χ2n) is 3.67. The Kier molecular flexibility index (Phi) is 4.06. The van der Waals surface area contributed by atoms with Crippen LogP contribution in [0.25, 0.3) is 0 Å². The molecule has 1 heterocycles. The van der Waals surface area contributed by atoms with Gasteiger partial charge in [-0.3, -0.25) is 4.79 Å². The molecule has 0 aromatic heterocycles. The molecule has 1 N–H and O–H groups in total. The molecule has 0 aliphatic carbocycles. The SMILES string of the molecule is CCN(CC)C(=O)/C(=C/C1OC1C)C(=O)O. The number of carboxylic acids is 1. The number of amides is 1. The number of aliphatic carboxylic acids is 1. The van der Waals surface area contributed by atoms with Crippen molar-refractivity contribution in [2.75, 3.05) is 13.1 Å². The minimum Gasteiger partial charge on any atom is -0.478 e. The van der Waals surface area contributed by atoms with Gasteiger partial charge in [-0.25, -0.2) is 4.79 Å². The summed E-state index contributed by atoms with van der Waals surface area (Å²) in [6, 6.07) is 0. The normalized spacial score (nSPS) is 24.1. The average molecular weight is 227 g/mol. The number of hydrogen-bond donors (Lipinski definition) is 1. The summed E-state index contributed by atoms with van der Waals surface area (Å²) in [5, 5.41) is 8.98. The molecule has 0 saturated carbocycles. The van der Waals surface area contributed by atoms with Gasteiger partial charge < -0.3 is 14.7 Å². The Hall–Kier alpha value is -1.36. The van der Waals surface area contributed by atoms with Crippen molar-refractivity contribution >= 4 is 11.9 Å².